The first-order valence-corrected chi connectivity index (χ1v) is 11.4. The van der Waals surface area contributed by atoms with E-state index in [1.807, 2.05) is 41.3 Å². The number of phenols is 2. The van der Waals surface area contributed by atoms with Crippen molar-refractivity contribution in [2.45, 2.75) is 0 Å². The molecule has 4 rings (SSSR count). The summed E-state index contributed by atoms with van der Waals surface area (Å²) in [6, 6.07) is 24.5. The molecule has 0 aliphatic heterocycles. The Morgan fingerprint density at radius 2 is 1.11 bits per heavy atom. The number of hydrogen-bond donors (Lipinski definition) is 2. The number of hydrogen-bond acceptors (Lipinski definition) is 7. The highest BCUT2D eigenvalue weighted by atomic mass is 16.5. The van der Waals surface area contributed by atoms with Crippen molar-refractivity contribution in [2.24, 2.45) is 4.99 Å². The molecule has 0 unspecified atom stereocenters. The lowest BCUT2D eigenvalue weighted by Crippen LogP contribution is -2.27. The van der Waals surface area contributed by atoms with Gasteiger partial charge in [-0.2, -0.15) is 0 Å². The minimum absolute atomic E-state index is 0.130. The van der Waals surface area contributed by atoms with Crippen LogP contribution in [0, 0.1) is 0 Å². The number of rotatable bonds is 8. The van der Waals surface area contributed by atoms with Gasteiger partial charge in [0.15, 0.2) is 11.5 Å². The fourth-order valence-electron chi connectivity index (χ4n) is 3.89. The van der Waals surface area contributed by atoms with E-state index in [1.54, 1.807) is 77.0 Å². The van der Waals surface area contributed by atoms with Crippen LogP contribution in [0.5, 0.6) is 34.5 Å². The predicted octanol–water partition coefficient (Wildman–Crippen LogP) is 6.05. The largest absolute Gasteiger partial charge is 0.508 e. The zero-order chi connectivity index (χ0) is 26.4. The maximum Gasteiger partial charge on any atom is 0.203 e. The number of nitrogens with zero attached hydrogens (tertiary/aromatic N) is 2. The van der Waals surface area contributed by atoms with Crippen LogP contribution in [0.25, 0.3) is 0 Å². The van der Waals surface area contributed by atoms with Gasteiger partial charge in [0.25, 0.3) is 0 Å². The summed E-state index contributed by atoms with van der Waals surface area (Å²) in [5.74, 6) is 2.72. The van der Waals surface area contributed by atoms with Crippen LogP contribution >= 0.6 is 0 Å². The van der Waals surface area contributed by atoms with Crippen molar-refractivity contribution in [2.75, 3.05) is 33.3 Å². The fraction of sp³-hybridized carbons (Fsp3) is 0.138. The molecule has 0 spiro atoms. The molecule has 4 aromatic rings. The van der Waals surface area contributed by atoms with Gasteiger partial charge < -0.3 is 29.2 Å². The lowest BCUT2D eigenvalue weighted by molar-refractivity contribution is 0.324. The van der Waals surface area contributed by atoms with E-state index in [-0.39, 0.29) is 11.5 Å². The Morgan fingerprint density at radius 1 is 0.622 bits per heavy atom. The van der Waals surface area contributed by atoms with Crippen molar-refractivity contribution in [3.8, 4) is 34.5 Å². The average Bonchev–Trinajstić information content (AvgIpc) is 2.93. The highest BCUT2D eigenvalue weighted by molar-refractivity contribution is 6.16. The Labute approximate surface area is 215 Å². The van der Waals surface area contributed by atoms with E-state index in [0.29, 0.717) is 51.5 Å². The van der Waals surface area contributed by atoms with Gasteiger partial charge in [-0.25, -0.2) is 4.99 Å². The third-order valence-corrected chi connectivity index (χ3v) is 5.66. The molecule has 0 radical (unpaired) electrons. The Bertz CT molecular complexity index is 1310. The Morgan fingerprint density at radius 3 is 1.57 bits per heavy atom. The number of anilines is 2. The summed E-state index contributed by atoms with van der Waals surface area (Å²) in [6.07, 6.45) is 0. The smallest absolute Gasteiger partial charge is 0.203 e. The summed E-state index contributed by atoms with van der Waals surface area (Å²) >= 11 is 0. The van der Waals surface area contributed by atoms with Gasteiger partial charge in [0.05, 0.1) is 28.4 Å². The molecule has 0 aromatic heterocycles. The van der Waals surface area contributed by atoms with Crippen LogP contribution in [0.1, 0.15) is 5.56 Å². The number of phenolic OH excluding ortho intramolecular Hbond substituents is 2. The van der Waals surface area contributed by atoms with Crippen molar-refractivity contribution in [3.63, 3.8) is 0 Å². The van der Waals surface area contributed by atoms with E-state index in [1.165, 1.54) is 0 Å². The monoisotopic (exact) mass is 500 g/mol. The second-order valence-electron chi connectivity index (χ2n) is 7.89. The molecule has 0 heterocycles. The SMILES string of the molecule is COc1ccccc1N=C(c1cc(OC)c(OC)c(OC)c1)N(c1ccc(O)cc1)c1ccc(O)cc1. The molecule has 8 heteroatoms. The zero-order valence-corrected chi connectivity index (χ0v) is 21.0. The Kier molecular flexibility index (Phi) is 7.68. The second kappa shape index (κ2) is 11.3. The first-order valence-electron chi connectivity index (χ1n) is 11.4. The summed E-state index contributed by atoms with van der Waals surface area (Å²) < 4.78 is 22.3. The summed E-state index contributed by atoms with van der Waals surface area (Å²) in [7, 11) is 6.24. The van der Waals surface area contributed by atoms with Crippen LogP contribution in [0.3, 0.4) is 0 Å². The van der Waals surface area contributed by atoms with Crippen molar-refractivity contribution >= 4 is 22.9 Å². The maximum absolute atomic E-state index is 9.95. The summed E-state index contributed by atoms with van der Waals surface area (Å²) in [6.45, 7) is 0. The first kappa shape index (κ1) is 25.2. The highest BCUT2D eigenvalue weighted by Gasteiger charge is 2.23. The minimum atomic E-state index is 0.130. The average molecular weight is 501 g/mol. The van der Waals surface area contributed by atoms with Crippen LogP contribution in [0.15, 0.2) is 89.9 Å². The Hall–Kier alpha value is -4.85. The summed E-state index contributed by atoms with van der Waals surface area (Å²) in [5, 5.41) is 19.9. The van der Waals surface area contributed by atoms with Crippen LogP contribution in [-0.4, -0.2) is 44.5 Å². The molecule has 0 amide bonds. The van der Waals surface area contributed by atoms with Crippen molar-refractivity contribution in [3.05, 3.63) is 90.5 Å². The van der Waals surface area contributed by atoms with Gasteiger partial charge in [0, 0.05) is 16.9 Å². The standard InChI is InChI=1S/C29H28N2O6/c1-34-25-8-6-5-7-24(25)30-29(19-17-26(35-2)28(37-4)27(18-19)36-3)31(20-9-13-22(32)14-10-20)21-11-15-23(33)16-12-21/h5-18,32-33H,1-4H3. The molecule has 0 atom stereocenters. The van der Waals surface area contributed by atoms with E-state index in [2.05, 4.69) is 0 Å². The van der Waals surface area contributed by atoms with Gasteiger partial charge in [-0.3, -0.25) is 4.90 Å². The number of methoxy groups -OCH3 is 4. The zero-order valence-electron chi connectivity index (χ0n) is 21.0. The first-order chi connectivity index (χ1) is 18.0. The molecule has 37 heavy (non-hydrogen) atoms. The number of aliphatic imine (C=N–C) groups is 1. The maximum atomic E-state index is 9.95. The molecule has 190 valence electrons. The number of para-hydroxylation sites is 2. The van der Waals surface area contributed by atoms with Crippen LogP contribution in [0.2, 0.25) is 0 Å². The molecular formula is C29H28N2O6. The van der Waals surface area contributed by atoms with E-state index < -0.39 is 0 Å². The van der Waals surface area contributed by atoms with Crippen LogP contribution < -0.4 is 23.8 Å². The van der Waals surface area contributed by atoms with Gasteiger partial charge in [0.1, 0.15) is 28.8 Å². The normalized spacial score (nSPS) is 11.1. The van der Waals surface area contributed by atoms with Crippen molar-refractivity contribution in [1.82, 2.24) is 0 Å². The number of amidine groups is 1. The fourth-order valence-corrected chi connectivity index (χ4v) is 3.89. The third kappa shape index (κ3) is 5.38. The number of ether oxygens (including phenoxy) is 4. The Balaban J connectivity index is 2.06. The second-order valence-corrected chi connectivity index (χ2v) is 7.89. The van der Waals surface area contributed by atoms with Crippen molar-refractivity contribution < 1.29 is 29.2 Å². The van der Waals surface area contributed by atoms with Gasteiger partial charge in [-0.1, -0.05) is 12.1 Å². The molecule has 0 aliphatic carbocycles. The van der Waals surface area contributed by atoms with Crippen LogP contribution in [-0.2, 0) is 0 Å². The van der Waals surface area contributed by atoms with Crippen molar-refractivity contribution in [1.29, 1.82) is 0 Å². The third-order valence-electron chi connectivity index (χ3n) is 5.66. The lowest BCUT2D eigenvalue weighted by atomic mass is 10.1. The van der Waals surface area contributed by atoms with E-state index in [0.717, 1.165) is 0 Å². The number of benzene rings is 4. The molecule has 8 nitrogen and oxygen atoms in total. The molecule has 2 N–H and O–H groups in total. The van der Waals surface area contributed by atoms with Gasteiger partial charge in [0.2, 0.25) is 5.75 Å². The highest BCUT2D eigenvalue weighted by Crippen LogP contribution is 2.41. The molecule has 0 aliphatic rings. The predicted molar refractivity (Wildman–Crippen MR) is 144 cm³/mol. The lowest BCUT2D eigenvalue weighted by Gasteiger charge is -2.28. The molecule has 0 bridgehead atoms. The van der Waals surface area contributed by atoms with E-state index >= 15 is 0 Å². The summed E-state index contributed by atoms with van der Waals surface area (Å²) in [5.41, 5.74) is 2.68. The topological polar surface area (TPSA) is 93.0 Å². The molecule has 0 fully saturated rings. The molecular weight excluding hydrogens is 472 g/mol. The number of aromatic hydroxyl groups is 2. The van der Waals surface area contributed by atoms with Crippen LogP contribution in [0.4, 0.5) is 17.1 Å². The van der Waals surface area contributed by atoms with E-state index in [9.17, 15) is 10.2 Å². The van der Waals surface area contributed by atoms with E-state index in [4.69, 9.17) is 23.9 Å². The molecule has 4 aromatic carbocycles. The summed E-state index contributed by atoms with van der Waals surface area (Å²) in [4.78, 5) is 6.94. The minimum Gasteiger partial charge on any atom is -0.508 e. The van der Waals surface area contributed by atoms with Gasteiger partial charge >= 0.3 is 0 Å². The molecule has 0 saturated carbocycles. The molecule has 0 saturated heterocycles. The quantitative estimate of drug-likeness (QED) is 0.225. The van der Waals surface area contributed by atoms with Gasteiger partial charge in [-0.05, 0) is 72.8 Å². The van der Waals surface area contributed by atoms with Gasteiger partial charge in [-0.15, -0.1) is 0 Å².